The summed E-state index contributed by atoms with van der Waals surface area (Å²) in [5.41, 5.74) is 1.60. The van der Waals surface area contributed by atoms with Crippen molar-refractivity contribution in [1.82, 2.24) is 9.97 Å². The first-order valence-electron chi connectivity index (χ1n) is 8.29. The maximum absolute atomic E-state index is 4.46. The molecule has 4 heteroatoms. The minimum Gasteiger partial charge on any atom is -0.370 e. The Labute approximate surface area is 128 Å². The molecule has 4 nitrogen and oxygen atoms in total. The van der Waals surface area contributed by atoms with Gasteiger partial charge in [0, 0.05) is 19.2 Å². The van der Waals surface area contributed by atoms with Crippen LogP contribution in [0.3, 0.4) is 0 Å². The van der Waals surface area contributed by atoms with Crippen molar-refractivity contribution in [1.29, 1.82) is 0 Å². The Bertz CT molecular complexity index is 468. The molecule has 0 spiro atoms. The smallest absolute Gasteiger partial charge is 0.131 e. The summed E-state index contributed by atoms with van der Waals surface area (Å²) in [4.78, 5) is 8.89. The zero-order valence-corrected chi connectivity index (χ0v) is 13.4. The van der Waals surface area contributed by atoms with Crippen molar-refractivity contribution in [3.63, 3.8) is 0 Å². The molecule has 1 heterocycles. The number of hydrogen-bond donors (Lipinski definition) is 2. The van der Waals surface area contributed by atoms with E-state index in [1.807, 2.05) is 13.0 Å². The molecule has 0 aliphatic heterocycles. The van der Waals surface area contributed by atoms with E-state index in [0.717, 1.165) is 37.0 Å². The first-order chi connectivity index (χ1) is 10.3. The van der Waals surface area contributed by atoms with E-state index in [9.17, 15) is 0 Å². The van der Waals surface area contributed by atoms with Crippen molar-refractivity contribution in [2.24, 2.45) is 0 Å². The van der Waals surface area contributed by atoms with Gasteiger partial charge in [-0.3, -0.25) is 0 Å². The molecular weight excluding hydrogens is 260 g/mol. The Kier molecular flexibility index (Phi) is 6.51. The van der Waals surface area contributed by atoms with Crippen LogP contribution in [0, 0.1) is 6.92 Å². The third-order valence-corrected chi connectivity index (χ3v) is 3.81. The Morgan fingerprint density at radius 3 is 2.52 bits per heavy atom. The molecule has 0 unspecified atom stereocenters. The first kappa shape index (κ1) is 15.8. The second-order valence-corrected chi connectivity index (χ2v) is 5.75. The van der Waals surface area contributed by atoms with Crippen LogP contribution in [0.15, 0.2) is 17.7 Å². The van der Waals surface area contributed by atoms with Gasteiger partial charge in [0.05, 0.1) is 0 Å². The van der Waals surface area contributed by atoms with Gasteiger partial charge in [0.15, 0.2) is 0 Å². The number of aromatic nitrogens is 2. The Hall–Kier alpha value is -1.58. The largest absolute Gasteiger partial charge is 0.370 e. The number of aryl methyl sites for hydroxylation is 1. The average Bonchev–Trinajstić information content (AvgIpc) is 2.48. The van der Waals surface area contributed by atoms with E-state index in [1.165, 1.54) is 38.5 Å². The number of nitrogens with zero attached hydrogens (tertiary/aromatic N) is 2. The van der Waals surface area contributed by atoms with Crippen LogP contribution in [0.25, 0.3) is 0 Å². The second kappa shape index (κ2) is 8.65. The van der Waals surface area contributed by atoms with Crippen molar-refractivity contribution in [3.05, 3.63) is 23.5 Å². The molecule has 0 saturated carbocycles. The standard InChI is InChI=1S/C17H28N4/c1-3-4-11-18-16-13-17(21-14(2)20-16)19-12-10-15-8-6-5-7-9-15/h8,13H,3-7,9-12H2,1-2H3,(H2,18,19,20,21). The van der Waals surface area contributed by atoms with E-state index in [-0.39, 0.29) is 0 Å². The zero-order chi connectivity index (χ0) is 14.9. The van der Waals surface area contributed by atoms with Crippen LogP contribution in [0.5, 0.6) is 0 Å². The lowest BCUT2D eigenvalue weighted by Crippen LogP contribution is -2.09. The van der Waals surface area contributed by atoms with Crippen molar-refractivity contribution < 1.29 is 0 Å². The summed E-state index contributed by atoms with van der Waals surface area (Å²) in [5, 5.41) is 6.80. The molecule has 0 bridgehead atoms. The second-order valence-electron chi connectivity index (χ2n) is 5.75. The van der Waals surface area contributed by atoms with E-state index < -0.39 is 0 Å². The summed E-state index contributed by atoms with van der Waals surface area (Å²) in [7, 11) is 0. The maximum atomic E-state index is 4.46. The number of hydrogen-bond acceptors (Lipinski definition) is 4. The molecule has 21 heavy (non-hydrogen) atoms. The topological polar surface area (TPSA) is 49.8 Å². The third kappa shape index (κ3) is 5.74. The molecule has 1 aromatic heterocycles. The lowest BCUT2D eigenvalue weighted by molar-refractivity contribution is 0.679. The van der Waals surface area contributed by atoms with E-state index in [0.29, 0.717) is 0 Å². The van der Waals surface area contributed by atoms with Crippen molar-refractivity contribution in [2.45, 2.75) is 58.8 Å². The lowest BCUT2D eigenvalue weighted by atomic mass is 9.97. The summed E-state index contributed by atoms with van der Waals surface area (Å²) < 4.78 is 0. The fraction of sp³-hybridized carbons (Fsp3) is 0.647. The molecule has 116 valence electrons. The van der Waals surface area contributed by atoms with Crippen LogP contribution in [0.2, 0.25) is 0 Å². The van der Waals surface area contributed by atoms with E-state index in [2.05, 4.69) is 33.6 Å². The zero-order valence-electron chi connectivity index (χ0n) is 13.4. The Morgan fingerprint density at radius 2 is 1.86 bits per heavy atom. The fourth-order valence-electron chi connectivity index (χ4n) is 2.62. The quantitative estimate of drug-likeness (QED) is 0.553. The molecule has 0 atom stereocenters. The van der Waals surface area contributed by atoms with Gasteiger partial charge in [-0.2, -0.15) is 0 Å². The summed E-state index contributed by atoms with van der Waals surface area (Å²) >= 11 is 0. The van der Waals surface area contributed by atoms with Crippen LogP contribution < -0.4 is 10.6 Å². The summed E-state index contributed by atoms with van der Waals surface area (Å²) in [6.45, 7) is 6.07. The predicted octanol–water partition coefficient (Wildman–Crippen LogP) is 4.30. The fourth-order valence-corrected chi connectivity index (χ4v) is 2.62. The van der Waals surface area contributed by atoms with Gasteiger partial charge in [-0.05, 0) is 45.4 Å². The van der Waals surface area contributed by atoms with Gasteiger partial charge < -0.3 is 10.6 Å². The van der Waals surface area contributed by atoms with E-state index in [1.54, 1.807) is 5.57 Å². The van der Waals surface area contributed by atoms with Gasteiger partial charge in [0.25, 0.3) is 0 Å². The molecular formula is C17H28N4. The van der Waals surface area contributed by atoms with Gasteiger partial charge in [-0.25, -0.2) is 9.97 Å². The Morgan fingerprint density at radius 1 is 1.10 bits per heavy atom. The number of nitrogens with one attached hydrogen (secondary N) is 2. The lowest BCUT2D eigenvalue weighted by Gasteiger charge is -2.14. The number of allylic oxidation sites excluding steroid dienone is 1. The molecule has 2 rings (SSSR count). The third-order valence-electron chi connectivity index (χ3n) is 3.81. The molecule has 0 radical (unpaired) electrons. The summed E-state index contributed by atoms with van der Waals surface area (Å²) in [6.07, 6.45) is 11.1. The van der Waals surface area contributed by atoms with E-state index >= 15 is 0 Å². The maximum Gasteiger partial charge on any atom is 0.131 e. The van der Waals surface area contributed by atoms with Crippen LogP contribution in [0.1, 0.15) is 57.7 Å². The van der Waals surface area contributed by atoms with Gasteiger partial charge in [0.1, 0.15) is 17.5 Å². The summed E-state index contributed by atoms with van der Waals surface area (Å²) in [6, 6.07) is 2.01. The number of unbranched alkanes of at least 4 members (excludes halogenated alkanes) is 1. The monoisotopic (exact) mass is 288 g/mol. The van der Waals surface area contributed by atoms with Gasteiger partial charge in [-0.15, -0.1) is 0 Å². The van der Waals surface area contributed by atoms with Crippen molar-refractivity contribution in [2.75, 3.05) is 23.7 Å². The highest BCUT2D eigenvalue weighted by molar-refractivity contribution is 5.47. The molecule has 0 saturated heterocycles. The highest BCUT2D eigenvalue weighted by Crippen LogP contribution is 2.20. The average molecular weight is 288 g/mol. The summed E-state index contributed by atoms with van der Waals surface area (Å²) in [5.74, 6) is 2.67. The SMILES string of the molecule is CCCCNc1cc(NCCC2=CCCCC2)nc(C)n1. The van der Waals surface area contributed by atoms with Crippen molar-refractivity contribution >= 4 is 11.6 Å². The first-order valence-corrected chi connectivity index (χ1v) is 8.29. The van der Waals surface area contributed by atoms with E-state index in [4.69, 9.17) is 0 Å². The van der Waals surface area contributed by atoms with Gasteiger partial charge in [0.2, 0.25) is 0 Å². The molecule has 1 aliphatic rings. The van der Waals surface area contributed by atoms with Crippen LogP contribution in [-0.2, 0) is 0 Å². The molecule has 2 N–H and O–H groups in total. The Balaban J connectivity index is 1.82. The van der Waals surface area contributed by atoms with Crippen molar-refractivity contribution in [3.8, 4) is 0 Å². The molecule has 1 aromatic rings. The number of anilines is 2. The van der Waals surface area contributed by atoms with Gasteiger partial charge >= 0.3 is 0 Å². The normalized spacial score (nSPS) is 14.7. The van der Waals surface area contributed by atoms with Gasteiger partial charge in [-0.1, -0.05) is 25.0 Å². The highest BCUT2D eigenvalue weighted by atomic mass is 15.1. The van der Waals surface area contributed by atoms with Crippen LogP contribution >= 0.6 is 0 Å². The predicted molar refractivity (Wildman–Crippen MR) is 89.8 cm³/mol. The molecule has 0 aromatic carbocycles. The van der Waals surface area contributed by atoms with Crippen LogP contribution in [-0.4, -0.2) is 23.1 Å². The van der Waals surface area contributed by atoms with Crippen LogP contribution in [0.4, 0.5) is 11.6 Å². The highest BCUT2D eigenvalue weighted by Gasteiger charge is 2.05. The molecule has 0 fully saturated rings. The molecule has 1 aliphatic carbocycles. The minimum absolute atomic E-state index is 0.816. The minimum atomic E-state index is 0.816. The molecule has 0 amide bonds. The number of rotatable bonds is 8.